The van der Waals surface area contributed by atoms with E-state index in [0.717, 1.165) is 26.2 Å². The third-order valence-corrected chi connectivity index (χ3v) is 5.14. The first-order valence-electron chi connectivity index (χ1n) is 9.39. The van der Waals surface area contributed by atoms with Crippen LogP contribution < -0.4 is 10.7 Å². The minimum absolute atomic E-state index is 0.651. The van der Waals surface area contributed by atoms with E-state index in [2.05, 4.69) is 51.0 Å². The summed E-state index contributed by atoms with van der Waals surface area (Å²) >= 11 is 0. The summed E-state index contributed by atoms with van der Waals surface area (Å²) in [5.74, 6) is 0. The van der Waals surface area contributed by atoms with Crippen LogP contribution in [0.1, 0.15) is 37.7 Å². The quantitative estimate of drug-likeness (QED) is 0.755. The summed E-state index contributed by atoms with van der Waals surface area (Å²) in [5, 5.41) is 5.98. The van der Waals surface area contributed by atoms with Crippen LogP contribution in [0.3, 0.4) is 0 Å². The van der Waals surface area contributed by atoms with Crippen LogP contribution in [0.15, 0.2) is 30.3 Å². The van der Waals surface area contributed by atoms with E-state index in [1.807, 2.05) is 0 Å². The molecule has 0 bridgehead atoms. The Labute approximate surface area is 141 Å². The molecule has 3 rings (SSSR count). The Morgan fingerprint density at radius 2 is 1.78 bits per heavy atom. The van der Waals surface area contributed by atoms with E-state index in [-0.39, 0.29) is 0 Å². The van der Waals surface area contributed by atoms with Crippen LogP contribution in [0.25, 0.3) is 0 Å². The maximum absolute atomic E-state index is 3.75. The molecule has 2 fully saturated rings. The van der Waals surface area contributed by atoms with Gasteiger partial charge in [-0.25, -0.2) is 5.01 Å². The number of benzene rings is 1. The van der Waals surface area contributed by atoms with E-state index >= 15 is 0 Å². The zero-order valence-electron chi connectivity index (χ0n) is 14.3. The predicted molar refractivity (Wildman–Crippen MR) is 96.2 cm³/mol. The second-order valence-electron chi connectivity index (χ2n) is 6.91. The van der Waals surface area contributed by atoms with Crippen molar-refractivity contribution in [3.63, 3.8) is 0 Å². The lowest BCUT2D eigenvalue weighted by molar-refractivity contribution is 0.0831. The molecule has 0 spiro atoms. The fourth-order valence-electron chi connectivity index (χ4n) is 3.75. The molecule has 0 unspecified atom stereocenters. The van der Waals surface area contributed by atoms with Crippen molar-refractivity contribution >= 4 is 0 Å². The third kappa shape index (κ3) is 5.57. The fraction of sp³-hybridized carbons (Fsp3) is 0.684. The third-order valence-electron chi connectivity index (χ3n) is 5.14. The molecule has 2 aliphatic heterocycles. The number of hydrogen-bond acceptors (Lipinski definition) is 4. The second kappa shape index (κ2) is 9.38. The van der Waals surface area contributed by atoms with Gasteiger partial charge in [0.2, 0.25) is 0 Å². The summed E-state index contributed by atoms with van der Waals surface area (Å²) in [6.45, 7) is 8.10. The van der Waals surface area contributed by atoms with Crippen LogP contribution in [-0.4, -0.2) is 55.2 Å². The molecule has 1 aromatic rings. The van der Waals surface area contributed by atoms with Gasteiger partial charge >= 0.3 is 0 Å². The highest BCUT2D eigenvalue weighted by atomic mass is 15.5. The highest BCUT2D eigenvalue weighted by molar-refractivity contribution is 5.14. The van der Waals surface area contributed by atoms with Crippen molar-refractivity contribution in [2.75, 3.05) is 39.3 Å². The van der Waals surface area contributed by atoms with E-state index in [1.165, 1.54) is 57.3 Å². The number of nitrogens with one attached hydrogen (secondary N) is 2. The Morgan fingerprint density at radius 1 is 1.04 bits per heavy atom. The van der Waals surface area contributed by atoms with Gasteiger partial charge in [0.15, 0.2) is 0 Å². The number of hydrazine groups is 1. The van der Waals surface area contributed by atoms with E-state index in [4.69, 9.17) is 0 Å². The minimum Gasteiger partial charge on any atom is -0.317 e. The lowest BCUT2D eigenvalue weighted by Crippen LogP contribution is -2.51. The van der Waals surface area contributed by atoms with Gasteiger partial charge < -0.3 is 10.2 Å². The zero-order chi connectivity index (χ0) is 15.7. The average molecular weight is 316 g/mol. The normalized spacial score (nSPS) is 20.9. The standard InChI is InChI=1S/C19H32N4/c1-3-7-18(8-4-1)17-23(19-9-11-20-12-10-19)21-13-16-22-14-5-2-6-15-22/h1,3-4,7-8,19-21H,2,5-6,9-17H2. The summed E-state index contributed by atoms with van der Waals surface area (Å²) in [6.07, 6.45) is 6.65. The maximum Gasteiger partial charge on any atom is 0.0384 e. The first kappa shape index (κ1) is 16.9. The fourth-order valence-corrected chi connectivity index (χ4v) is 3.75. The van der Waals surface area contributed by atoms with E-state index in [0.29, 0.717) is 6.04 Å². The largest absolute Gasteiger partial charge is 0.317 e. The minimum atomic E-state index is 0.651. The maximum atomic E-state index is 3.75. The molecule has 4 heteroatoms. The molecule has 4 nitrogen and oxygen atoms in total. The van der Waals surface area contributed by atoms with Crippen molar-refractivity contribution in [3.8, 4) is 0 Å². The second-order valence-corrected chi connectivity index (χ2v) is 6.91. The van der Waals surface area contributed by atoms with Gasteiger partial charge in [0.25, 0.3) is 0 Å². The number of nitrogens with zero attached hydrogens (tertiary/aromatic N) is 2. The highest BCUT2D eigenvalue weighted by Gasteiger charge is 2.21. The van der Waals surface area contributed by atoms with Crippen molar-refractivity contribution in [3.05, 3.63) is 35.9 Å². The van der Waals surface area contributed by atoms with E-state index < -0.39 is 0 Å². The lowest BCUT2D eigenvalue weighted by atomic mass is 10.1. The van der Waals surface area contributed by atoms with Crippen molar-refractivity contribution < 1.29 is 0 Å². The predicted octanol–water partition coefficient (Wildman–Crippen LogP) is 2.23. The molecule has 2 heterocycles. The molecule has 0 aliphatic carbocycles. The summed E-state index contributed by atoms with van der Waals surface area (Å²) < 4.78 is 0. The molecule has 0 atom stereocenters. The monoisotopic (exact) mass is 316 g/mol. The summed E-state index contributed by atoms with van der Waals surface area (Å²) in [7, 11) is 0. The van der Waals surface area contributed by atoms with Crippen LogP contribution in [0.5, 0.6) is 0 Å². The average Bonchev–Trinajstić information content (AvgIpc) is 2.63. The molecule has 128 valence electrons. The molecular formula is C19H32N4. The zero-order valence-corrected chi connectivity index (χ0v) is 14.3. The van der Waals surface area contributed by atoms with Crippen LogP contribution in [0.4, 0.5) is 0 Å². The number of hydrogen-bond donors (Lipinski definition) is 2. The Bertz CT molecular complexity index is 424. The summed E-state index contributed by atoms with van der Waals surface area (Å²) in [5.41, 5.74) is 5.15. The number of likely N-dealkylation sites (tertiary alicyclic amines) is 1. The number of piperidine rings is 2. The Morgan fingerprint density at radius 3 is 2.52 bits per heavy atom. The SMILES string of the molecule is c1ccc(CN(NCCN2CCCCC2)C2CCNCC2)cc1. The van der Waals surface area contributed by atoms with E-state index in [1.54, 1.807) is 0 Å². The van der Waals surface area contributed by atoms with Gasteiger partial charge in [0.1, 0.15) is 0 Å². The Balaban J connectivity index is 1.51. The molecule has 0 saturated carbocycles. The molecule has 0 aromatic heterocycles. The van der Waals surface area contributed by atoms with Crippen molar-refractivity contribution in [1.82, 2.24) is 20.7 Å². The van der Waals surface area contributed by atoms with Gasteiger partial charge in [-0.2, -0.15) is 0 Å². The molecule has 2 N–H and O–H groups in total. The van der Waals surface area contributed by atoms with Gasteiger partial charge in [-0.05, 0) is 57.4 Å². The van der Waals surface area contributed by atoms with Gasteiger partial charge in [-0.3, -0.25) is 5.43 Å². The topological polar surface area (TPSA) is 30.5 Å². The Hall–Kier alpha value is -0.940. The molecule has 2 aliphatic rings. The van der Waals surface area contributed by atoms with Crippen molar-refractivity contribution in [1.29, 1.82) is 0 Å². The smallest absolute Gasteiger partial charge is 0.0384 e. The molecule has 23 heavy (non-hydrogen) atoms. The van der Waals surface area contributed by atoms with Gasteiger partial charge in [-0.1, -0.05) is 36.8 Å². The first-order chi connectivity index (χ1) is 11.4. The molecular weight excluding hydrogens is 284 g/mol. The summed E-state index contributed by atoms with van der Waals surface area (Å²) in [4.78, 5) is 2.61. The van der Waals surface area contributed by atoms with Crippen LogP contribution >= 0.6 is 0 Å². The molecule has 0 radical (unpaired) electrons. The van der Waals surface area contributed by atoms with Gasteiger partial charge in [0.05, 0.1) is 0 Å². The van der Waals surface area contributed by atoms with Crippen LogP contribution in [0, 0.1) is 0 Å². The first-order valence-corrected chi connectivity index (χ1v) is 9.39. The van der Waals surface area contributed by atoms with Gasteiger partial charge in [0, 0.05) is 25.7 Å². The Kier molecular flexibility index (Phi) is 6.89. The van der Waals surface area contributed by atoms with Crippen molar-refractivity contribution in [2.24, 2.45) is 0 Å². The highest BCUT2D eigenvalue weighted by Crippen LogP contribution is 2.14. The van der Waals surface area contributed by atoms with E-state index in [9.17, 15) is 0 Å². The molecule has 1 aromatic carbocycles. The van der Waals surface area contributed by atoms with Crippen LogP contribution in [-0.2, 0) is 6.54 Å². The summed E-state index contributed by atoms with van der Waals surface area (Å²) in [6, 6.07) is 11.5. The lowest BCUT2D eigenvalue weighted by Gasteiger charge is -2.36. The van der Waals surface area contributed by atoms with Crippen molar-refractivity contribution in [2.45, 2.75) is 44.7 Å². The molecule has 0 amide bonds. The van der Waals surface area contributed by atoms with Crippen LogP contribution in [0.2, 0.25) is 0 Å². The molecule has 2 saturated heterocycles. The van der Waals surface area contributed by atoms with Gasteiger partial charge in [-0.15, -0.1) is 0 Å². The number of rotatable bonds is 7.